The summed E-state index contributed by atoms with van der Waals surface area (Å²) in [5.41, 5.74) is 5.91. The topological polar surface area (TPSA) is 129 Å². The van der Waals surface area contributed by atoms with Crippen LogP contribution in [0.1, 0.15) is 12.0 Å². The van der Waals surface area contributed by atoms with Crippen molar-refractivity contribution in [1.82, 2.24) is 10.6 Å². The second kappa shape index (κ2) is 8.83. The number of rotatable bonds is 7. The maximum absolute atomic E-state index is 12.4. The molecule has 0 unspecified atom stereocenters. The van der Waals surface area contributed by atoms with Crippen LogP contribution in [0.4, 0.5) is 4.79 Å². The quantitative estimate of drug-likeness (QED) is 0.598. The van der Waals surface area contributed by atoms with Gasteiger partial charge in [-0.25, -0.2) is 4.79 Å². The summed E-state index contributed by atoms with van der Waals surface area (Å²) in [7, 11) is 0. The molecule has 0 spiro atoms. The molecule has 9 heteroatoms. The van der Waals surface area contributed by atoms with Crippen molar-refractivity contribution in [2.45, 2.75) is 31.3 Å². The van der Waals surface area contributed by atoms with Gasteiger partial charge in [-0.3, -0.25) is 9.59 Å². The first-order chi connectivity index (χ1) is 13.0. The number of benzene rings is 1. The largest absolute Gasteiger partial charge is 0.443 e. The normalized spacial score (nSPS) is 24.7. The highest BCUT2D eigenvalue weighted by Crippen LogP contribution is 2.32. The summed E-state index contributed by atoms with van der Waals surface area (Å²) in [6.45, 7) is 0.529. The zero-order valence-corrected chi connectivity index (χ0v) is 14.8. The third-order valence-electron chi connectivity index (χ3n) is 4.57. The fraction of sp³-hybridized carbons (Fsp3) is 0.500. The van der Waals surface area contributed by atoms with E-state index in [0.717, 1.165) is 12.0 Å². The summed E-state index contributed by atoms with van der Waals surface area (Å²) in [5, 5.41) is 4.98. The number of nitrogens with one attached hydrogen (secondary N) is 2. The molecule has 2 heterocycles. The van der Waals surface area contributed by atoms with E-state index in [2.05, 4.69) is 10.6 Å². The summed E-state index contributed by atoms with van der Waals surface area (Å²) < 4.78 is 16.3. The van der Waals surface area contributed by atoms with Gasteiger partial charge in [-0.05, 0) is 12.0 Å². The summed E-state index contributed by atoms with van der Waals surface area (Å²) in [5.74, 6) is -1.17. The molecule has 3 rings (SSSR count). The highest BCUT2D eigenvalue weighted by atomic mass is 16.7. The molecule has 0 radical (unpaired) electrons. The highest BCUT2D eigenvalue weighted by Gasteiger charge is 2.44. The Labute approximate surface area is 156 Å². The smallest absolute Gasteiger partial charge is 0.408 e. The van der Waals surface area contributed by atoms with Gasteiger partial charge in [-0.1, -0.05) is 30.3 Å². The molecule has 27 heavy (non-hydrogen) atoms. The van der Waals surface area contributed by atoms with E-state index in [-0.39, 0.29) is 31.8 Å². The number of hydrogen-bond acceptors (Lipinski definition) is 6. The van der Waals surface area contributed by atoms with Gasteiger partial charge in [0.1, 0.15) is 12.1 Å². The Morgan fingerprint density at radius 1 is 1.22 bits per heavy atom. The minimum absolute atomic E-state index is 0.00649. The zero-order chi connectivity index (χ0) is 19.2. The van der Waals surface area contributed by atoms with Crippen LogP contribution < -0.4 is 16.4 Å². The highest BCUT2D eigenvalue weighted by molar-refractivity contribution is 5.89. The Bertz CT molecular complexity index is 683. The maximum Gasteiger partial charge on any atom is 0.408 e. The van der Waals surface area contributed by atoms with E-state index in [1.807, 2.05) is 30.3 Å². The fourth-order valence-corrected chi connectivity index (χ4v) is 3.22. The number of hydrogen-bond donors (Lipinski definition) is 3. The molecule has 1 aromatic rings. The second-order valence-electron chi connectivity index (χ2n) is 6.54. The molecule has 0 bridgehead atoms. The van der Waals surface area contributed by atoms with Gasteiger partial charge in [-0.2, -0.15) is 0 Å². The number of amides is 3. The number of ether oxygens (including phenoxy) is 3. The molecule has 146 valence electrons. The van der Waals surface area contributed by atoms with E-state index in [1.54, 1.807) is 0 Å². The summed E-state index contributed by atoms with van der Waals surface area (Å²) >= 11 is 0. The molecular weight excluding hydrogens is 354 g/mol. The molecular formula is C18H23N3O6. The summed E-state index contributed by atoms with van der Waals surface area (Å²) in [6, 6.07) is 8.30. The Balaban J connectivity index is 1.60. The average molecular weight is 377 g/mol. The van der Waals surface area contributed by atoms with Crippen LogP contribution in [-0.2, 0) is 30.2 Å². The van der Waals surface area contributed by atoms with E-state index in [0.29, 0.717) is 6.61 Å². The second-order valence-corrected chi connectivity index (χ2v) is 6.54. The predicted octanol–water partition coefficient (Wildman–Crippen LogP) is -0.313. The Hall–Kier alpha value is -2.65. The lowest BCUT2D eigenvalue weighted by Gasteiger charge is -2.21. The summed E-state index contributed by atoms with van der Waals surface area (Å²) in [4.78, 5) is 35.6. The van der Waals surface area contributed by atoms with Crippen molar-refractivity contribution < 1.29 is 28.6 Å². The van der Waals surface area contributed by atoms with Crippen LogP contribution in [0.3, 0.4) is 0 Å². The molecule has 9 nitrogen and oxygen atoms in total. The number of alkyl carbamates (subject to hydrolysis) is 1. The van der Waals surface area contributed by atoms with E-state index < -0.39 is 30.1 Å². The van der Waals surface area contributed by atoms with Gasteiger partial charge in [0.15, 0.2) is 6.29 Å². The number of fused-ring (bicyclic) bond motifs is 1. The standard InChI is InChI=1S/C18H23N3O6/c19-15(22)9-20-16(23)13(8-11-4-2-1-3-5-11)21-18(24)27-14-10-26-17-12(14)6-7-25-17/h1-5,12-14,17H,6-10H2,(H2,19,22)(H,20,23)(H,21,24)/t12-,13-,14-,17+/m0/s1. The zero-order valence-electron chi connectivity index (χ0n) is 14.8. The van der Waals surface area contributed by atoms with Crippen molar-refractivity contribution in [3.05, 3.63) is 35.9 Å². The molecule has 2 aliphatic rings. The first-order valence-corrected chi connectivity index (χ1v) is 8.83. The van der Waals surface area contributed by atoms with Gasteiger partial charge in [0, 0.05) is 6.42 Å². The lowest BCUT2D eigenvalue weighted by molar-refractivity contribution is -0.126. The summed E-state index contributed by atoms with van der Waals surface area (Å²) in [6.07, 6.45) is -0.455. The van der Waals surface area contributed by atoms with Crippen LogP contribution in [0.25, 0.3) is 0 Å². The number of carbonyl (C=O) groups is 3. The van der Waals surface area contributed by atoms with Crippen LogP contribution in [0.2, 0.25) is 0 Å². The molecule has 3 amide bonds. The minimum atomic E-state index is -0.905. The fourth-order valence-electron chi connectivity index (χ4n) is 3.22. The van der Waals surface area contributed by atoms with Crippen LogP contribution in [0, 0.1) is 5.92 Å². The SMILES string of the molecule is NC(=O)CNC(=O)[C@H](Cc1ccccc1)NC(=O)O[C@H]1CO[C@H]2OCC[C@H]21. The lowest BCUT2D eigenvalue weighted by atomic mass is 10.0. The molecule has 2 aliphatic heterocycles. The van der Waals surface area contributed by atoms with Crippen molar-refractivity contribution in [3.8, 4) is 0 Å². The molecule has 2 fully saturated rings. The van der Waals surface area contributed by atoms with Crippen LogP contribution in [-0.4, -0.2) is 56.1 Å². The van der Waals surface area contributed by atoms with Crippen molar-refractivity contribution in [1.29, 1.82) is 0 Å². The molecule has 4 N–H and O–H groups in total. The molecule has 0 saturated carbocycles. The van der Waals surface area contributed by atoms with Crippen molar-refractivity contribution in [3.63, 3.8) is 0 Å². The number of primary amides is 1. The minimum Gasteiger partial charge on any atom is -0.443 e. The molecule has 0 aliphatic carbocycles. The van der Waals surface area contributed by atoms with Crippen molar-refractivity contribution in [2.24, 2.45) is 11.7 Å². The number of carbonyl (C=O) groups excluding carboxylic acids is 3. The Morgan fingerprint density at radius 2 is 2.00 bits per heavy atom. The molecule has 4 atom stereocenters. The lowest BCUT2D eigenvalue weighted by Crippen LogP contribution is -2.50. The van der Waals surface area contributed by atoms with Crippen molar-refractivity contribution in [2.75, 3.05) is 19.8 Å². The van der Waals surface area contributed by atoms with E-state index >= 15 is 0 Å². The average Bonchev–Trinajstić information content (AvgIpc) is 3.25. The van der Waals surface area contributed by atoms with Gasteiger partial charge in [0.2, 0.25) is 11.8 Å². The first kappa shape index (κ1) is 19.1. The van der Waals surface area contributed by atoms with Crippen molar-refractivity contribution >= 4 is 17.9 Å². The van der Waals surface area contributed by atoms with Gasteiger partial charge < -0.3 is 30.6 Å². The number of nitrogens with two attached hydrogens (primary N) is 1. The molecule has 2 saturated heterocycles. The molecule has 1 aromatic carbocycles. The van der Waals surface area contributed by atoms with Gasteiger partial charge in [-0.15, -0.1) is 0 Å². The monoisotopic (exact) mass is 377 g/mol. The third-order valence-corrected chi connectivity index (χ3v) is 4.57. The van der Waals surface area contributed by atoms with Crippen LogP contribution in [0.5, 0.6) is 0 Å². The Kier molecular flexibility index (Phi) is 6.25. The van der Waals surface area contributed by atoms with Crippen LogP contribution >= 0.6 is 0 Å². The van der Waals surface area contributed by atoms with Gasteiger partial charge >= 0.3 is 6.09 Å². The molecule has 0 aromatic heterocycles. The van der Waals surface area contributed by atoms with Gasteiger partial charge in [0.05, 0.1) is 25.7 Å². The van der Waals surface area contributed by atoms with Crippen LogP contribution in [0.15, 0.2) is 30.3 Å². The van der Waals surface area contributed by atoms with E-state index in [4.69, 9.17) is 19.9 Å². The predicted molar refractivity (Wildman–Crippen MR) is 93.3 cm³/mol. The Morgan fingerprint density at radius 3 is 2.74 bits per heavy atom. The first-order valence-electron chi connectivity index (χ1n) is 8.83. The van der Waals surface area contributed by atoms with E-state index in [1.165, 1.54) is 0 Å². The third kappa shape index (κ3) is 5.18. The van der Waals surface area contributed by atoms with Gasteiger partial charge in [0.25, 0.3) is 0 Å². The maximum atomic E-state index is 12.4. The van der Waals surface area contributed by atoms with E-state index in [9.17, 15) is 14.4 Å².